The van der Waals surface area contributed by atoms with E-state index in [4.69, 9.17) is 4.74 Å². The van der Waals surface area contributed by atoms with Crippen molar-refractivity contribution in [3.8, 4) is 5.75 Å². The summed E-state index contributed by atoms with van der Waals surface area (Å²) in [7, 11) is 1.57. The molecular formula is C30H33FN4O4. The minimum absolute atomic E-state index is 0.0571. The number of nitrogens with one attached hydrogen (secondary N) is 1. The lowest BCUT2D eigenvalue weighted by Crippen LogP contribution is -2.49. The van der Waals surface area contributed by atoms with Gasteiger partial charge in [-0.15, -0.1) is 0 Å². The third kappa shape index (κ3) is 6.93. The molecule has 3 amide bonds. The van der Waals surface area contributed by atoms with Crippen LogP contribution in [0.4, 0.5) is 15.8 Å². The highest BCUT2D eigenvalue weighted by atomic mass is 19.1. The first-order chi connectivity index (χ1) is 18.9. The fraction of sp³-hybridized carbons (Fsp3) is 0.300. The van der Waals surface area contributed by atoms with Gasteiger partial charge in [0, 0.05) is 49.7 Å². The standard InChI is InChI=1S/C30H33FN4O4/c1-3-16-35(29(37)22-8-14-25(39-2)15-9-22)21-28(36)32-23-10-12-24(13-11-23)33-17-19-34(20-18-33)30(38)26-6-4-5-7-27(26)31/h4-15H,3,16-21H2,1-2H3,(H,32,36). The lowest BCUT2D eigenvalue weighted by molar-refractivity contribution is -0.116. The number of piperazine rings is 1. The molecule has 0 spiro atoms. The zero-order chi connectivity index (χ0) is 27.8. The highest BCUT2D eigenvalue weighted by molar-refractivity contribution is 5.99. The molecule has 1 fully saturated rings. The molecule has 0 unspecified atom stereocenters. The minimum atomic E-state index is -0.509. The monoisotopic (exact) mass is 532 g/mol. The van der Waals surface area contributed by atoms with Gasteiger partial charge in [-0.1, -0.05) is 19.1 Å². The van der Waals surface area contributed by atoms with Crippen molar-refractivity contribution < 1.29 is 23.5 Å². The van der Waals surface area contributed by atoms with Crippen molar-refractivity contribution in [1.82, 2.24) is 9.80 Å². The Balaban J connectivity index is 1.30. The van der Waals surface area contributed by atoms with Crippen LogP contribution in [0.5, 0.6) is 5.75 Å². The molecule has 0 bridgehead atoms. The molecule has 204 valence electrons. The molecule has 0 aliphatic carbocycles. The Hall–Kier alpha value is -4.40. The summed E-state index contributed by atoms with van der Waals surface area (Å²) in [6, 6.07) is 20.3. The number of amides is 3. The molecule has 0 saturated carbocycles. The number of hydrogen-bond acceptors (Lipinski definition) is 5. The van der Waals surface area contributed by atoms with Crippen LogP contribution in [0.25, 0.3) is 0 Å². The molecule has 0 atom stereocenters. The Kier molecular flexibility index (Phi) is 9.14. The zero-order valence-electron chi connectivity index (χ0n) is 22.2. The van der Waals surface area contributed by atoms with Crippen molar-refractivity contribution >= 4 is 29.1 Å². The molecule has 9 heteroatoms. The molecule has 39 heavy (non-hydrogen) atoms. The molecule has 4 rings (SSSR count). The second-order valence-electron chi connectivity index (χ2n) is 9.31. The van der Waals surface area contributed by atoms with Crippen molar-refractivity contribution in [2.24, 2.45) is 0 Å². The summed E-state index contributed by atoms with van der Waals surface area (Å²) in [5, 5.41) is 2.87. The van der Waals surface area contributed by atoms with Gasteiger partial charge in [0.05, 0.1) is 12.7 Å². The number of nitrogens with zero attached hydrogens (tertiary/aromatic N) is 3. The third-order valence-corrected chi connectivity index (χ3v) is 6.64. The van der Waals surface area contributed by atoms with Crippen molar-refractivity contribution in [1.29, 1.82) is 0 Å². The maximum atomic E-state index is 14.0. The van der Waals surface area contributed by atoms with Crippen LogP contribution in [0.3, 0.4) is 0 Å². The second kappa shape index (κ2) is 12.9. The summed E-state index contributed by atoms with van der Waals surface area (Å²) in [4.78, 5) is 43.7. The third-order valence-electron chi connectivity index (χ3n) is 6.64. The smallest absolute Gasteiger partial charge is 0.256 e. The summed E-state index contributed by atoms with van der Waals surface area (Å²) >= 11 is 0. The maximum Gasteiger partial charge on any atom is 0.256 e. The fourth-order valence-electron chi connectivity index (χ4n) is 4.54. The largest absolute Gasteiger partial charge is 0.497 e. The van der Waals surface area contributed by atoms with E-state index in [-0.39, 0.29) is 29.8 Å². The molecule has 1 aliphatic heterocycles. The van der Waals surface area contributed by atoms with Crippen LogP contribution in [0.2, 0.25) is 0 Å². The first kappa shape index (κ1) is 27.6. The Bertz CT molecular complexity index is 1290. The van der Waals surface area contributed by atoms with Gasteiger partial charge in [-0.3, -0.25) is 14.4 Å². The Labute approximate surface area is 228 Å². The van der Waals surface area contributed by atoms with Gasteiger partial charge in [-0.2, -0.15) is 0 Å². The SMILES string of the molecule is CCCN(CC(=O)Nc1ccc(N2CCN(C(=O)c3ccccc3F)CC2)cc1)C(=O)c1ccc(OC)cc1. The number of hydrogen-bond donors (Lipinski definition) is 1. The van der Waals surface area contributed by atoms with Crippen LogP contribution in [-0.4, -0.2) is 73.9 Å². The summed E-state index contributed by atoms with van der Waals surface area (Å²) in [6.07, 6.45) is 0.725. The topological polar surface area (TPSA) is 82.2 Å². The molecule has 3 aromatic rings. The van der Waals surface area contributed by atoms with Crippen LogP contribution in [0.1, 0.15) is 34.1 Å². The van der Waals surface area contributed by atoms with Gasteiger partial charge in [0.2, 0.25) is 5.91 Å². The van der Waals surface area contributed by atoms with E-state index in [1.165, 1.54) is 17.0 Å². The fourth-order valence-corrected chi connectivity index (χ4v) is 4.54. The normalized spacial score (nSPS) is 13.1. The average molecular weight is 533 g/mol. The number of carbonyl (C=O) groups excluding carboxylic acids is 3. The van der Waals surface area contributed by atoms with Gasteiger partial charge in [0.1, 0.15) is 18.1 Å². The lowest BCUT2D eigenvalue weighted by atomic mass is 10.1. The van der Waals surface area contributed by atoms with Gasteiger partial charge in [-0.25, -0.2) is 4.39 Å². The molecule has 3 aromatic carbocycles. The van der Waals surface area contributed by atoms with Crippen LogP contribution < -0.4 is 15.0 Å². The molecule has 1 N–H and O–H groups in total. The molecule has 1 saturated heterocycles. The van der Waals surface area contributed by atoms with E-state index in [1.807, 2.05) is 31.2 Å². The van der Waals surface area contributed by atoms with E-state index in [0.29, 0.717) is 49.7 Å². The summed E-state index contributed by atoms with van der Waals surface area (Å²) < 4.78 is 19.2. The van der Waals surface area contributed by atoms with Gasteiger partial charge < -0.3 is 24.8 Å². The number of ether oxygens (including phenoxy) is 1. The maximum absolute atomic E-state index is 14.0. The van der Waals surface area contributed by atoms with E-state index in [2.05, 4.69) is 10.2 Å². The summed E-state index contributed by atoms with van der Waals surface area (Å²) in [6.45, 7) is 4.57. The van der Waals surface area contributed by atoms with Crippen molar-refractivity contribution in [3.63, 3.8) is 0 Å². The van der Waals surface area contributed by atoms with E-state index in [1.54, 1.807) is 48.4 Å². The predicted octanol–water partition coefficient (Wildman–Crippen LogP) is 4.29. The van der Waals surface area contributed by atoms with Crippen molar-refractivity contribution in [3.05, 3.63) is 89.7 Å². The average Bonchev–Trinajstić information content (AvgIpc) is 2.97. The lowest BCUT2D eigenvalue weighted by Gasteiger charge is -2.36. The van der Waals surface area contributed by atoms with Gasteiger partial charge in [-0.05, 0) is 67.1 Å². The van der Waals surface area contributed by atoms with Crippen LogP contribution in [-0.2, 0) is 4.79 Å². The van der Waals surface area contributed by atoms with Crippen molar-refractivity contribution in [2.75, 3.05) is 56.6 Å². The molecular weight excluding hydrogens is 499 g/mol. The quantitative estimate of drug-likeness (QED) is 0.445. The second-order valence-corrected chi connectivity index (χ2v) is 9.31. The number of carbonyl (C=O) groups is 3. The first-order valence-electron chi connectivity index (χ1n) is 13.0. The Morgan fingerprint density at radius 1 is 0.923 bits per heavy atom. The molecule has 0 aromatic heterocycles. The highest BCUT2D eigenvalue weighted by Crippen LogP contribution is 2.21. The predicted molar refractivity (Wildman–Crippen MR) is 149 cm³/mol. The minimum Gasteiger partial charge on any atom is -0.497 e. The number of rotatable bonds is 9. The number of benzene rings is 3. The summed E-state index contributed by atoms with van der Waals surface area (Å²) in [5.41, 5.74) is 2.19. The van der Waals surface area contributed by atoms with E-state index in [9.17, 15) is 18.8 Å². The molecule has 1 aliphatic rings. The van der Waals surface area contributed by atoms with Crippen LogP contribution in [0.15, 0.2) is 72.8 Å². The first-order valence-corrected chi connectivity index (χ1v) is 13.0. The molecule has 1 heterocycles. The number of anilines is 2. The number of methoxy groups -OCH3 is 1. The van der Waals surface area contributed by atoms with E-state index in [0.717, 1.165) is 12.1 Å². The highest BCUT2D eigenvalue weighted by Gasteiger charge is 2.24. The molecule has 0 radical (unpaired) electrons. The Morgan fingerprint density at radius 2 is 1.59 bits per heavy atom. The van der Waals surface area contributed by atoms with Gasteiger partial charge in [0.15, 0.2) is 0 Å². The van der Waals surface area contributed by atoms with E-state index < -0.39 is 5.82 Å². The number of halogens is 1. The van der Waals surface area contributed by atoms with Crippen LogP contribution >= 0.6 is 0 Å². The van der Waals surface area contributed by atoms with Gasteiger partial charge >= 0.3 is 0 Å². The van der Waals surface area contributed by atoms with E-state index >= 15 is 0 Å². The van der Waals surface area contributed by atoms with Gasteiger partial charge in [0.25, 0.3) is 11.8 Å². The zero-order valence-corrected chi connectivity index (χ0v) is 22.2. The Morgan fingerprint density at radius 3 is 2.21 bits per heavy atom. The van der Waals surface area contributed by atoms with Crippen molar-refractivity contribution in [2.45, 2.75) is 13.3 Å². The van der Waals surface area contributed by atoms with Crippen LogP contribution in [0, 0.1) is 5.82 Å². The molecule has 8 nitrogen and oxygen atoms in total. The summed E-state index contributed by atoms with van der Waals surface area (Å²) in [5.74, 6) is -0.637.